The molecule has 2 aromatic carbocycles. The SMILES string of the molecule is CCOC(=O)NCc1cccc(-n2nnc3cnc(Nc4cccc(COC)c4)nc32)c1. The molecule has 2 N–H and O–H groups in total. The quantitative estimate of drug-likeness (QED) is 0.435. The van der Waals surface area contributed by atoms with Gasteiger partial charge >= 0.3 is 6.09 Å². The first-order valence-corrected chi connectivity index (χ1v) is 10.1. The summed E-state index contributed by atoms with van der Waals surface area (Å²) in [5.41, 5.74) is 4.68. The standard InChI is InChI=1S/C22H23N7O3/c1-3-32-22(30)24-12-15-6-5-9-18(11-15)29-20-19(27-28-29)13-23-21(26-20)25-17-8-4-7-16(10-17)14-31-2/h4-11,13H,3,12,14H2,1-2H3,(H,24,30)(H,23,25,26). The maximum atomic E-state index is 11.6. The number of fused-ring (bicyclic) bond motifs is 1. The summed E-state index contributed by atoms with van der Waals surface area (Å²) in [5, 5.41) is 14.3. The first-order valence-electron chi connectivity index (χ1n) is 10.1. The number of alkyl carbamates (subject to hydrolysis) is 1. The molecule has 1 amide bonds. The second-order valence-corrected chi connectivity index (χ2v) is 6.91. The Bertz CT molecular complexity index is 1230. The summed E-state index contributed by atoms with van der Waals surface area (Å²) >= 11 is 0. The first kappa shape index (κ1) is 21.2. The lowest BCUT2D eigenvalue weighted by atomic mass is 10.2. The van der Waals surface area contributed by atoms with Gasteiger partial charge in [-0.25, -0.2) is 9.78 Å². The molecular weight excluding hydrogens is 410 g/mol. The molecule has 164 valence electrons. The number of nitrogens with one attached hydrogen (secondary N) is 2. The van der Waals surface area contributed by atoms with Gasteiger partial charge < -0.3 is 20.1 Å². The smallest absolute Gasteiger partial charge is 0.407 e. The Balaban J connectivity index is 1.57. The third kappa shape index (κ3) is 4.98. The minimum Gasteiger partial charge on any atom is -0.450 e. The average molecular weight is 433 g/mol. The Morgan fingerprint density at radius 2 is 1.97 bits per heavy atom. The lowest BCUT2D eigenvalue weighted by Gasteiger charge is -2.08. The van der Waals surface area contributed by atoms with Gasteiger partial charge in [-0.05, 0) is 42.3 Å². The summed E-state index contributed by atoms with van der Waals surface area (Å²) in [6.07, 6.45) is 1.17. The molecule has 0 saturated carbocycles. The highest BCUT2D eigenvalue weighted by Crippen LogP contribution is 2.19. The zero-order chi connectivity index (χ0) is 22.3. The second-order valence-electron chi connectivity index (χ2n) is 6.91. The van der Waals surface area contributed by atoms with Crippen molar-refractivity contribution in [2.45, 2.75) is 20.1 Å². The predicted molar refractivity (Wildman–Crippen MR) is 119 cm³/mol. The highest BCUT2D eigenvalue weighted by Gasteiger charge is 2.11. The van der Waals surface area contributed by atoms with Gasteiger partial charge in [0.1, 0.15) is 0 Å². The fourth-order valence-corrected chi connectivity index (χ4v) is 3.15. The molecule has 0 radical (unpaired) electrons. The van der Waals surface area contributed by atoms with Crippen LogP contribution in [-0.2, 0) is 22.6 Å². The molecule has 4 aromatic rings. The number of anilines is 2. The zero-order valence-electron chi connectivity index (χ0n) is 17.8. The van der Waals surface area contributed by atoms with Crippen LogP contribution in [0.1, 0.15) is 18.1 Å². The van der Waals surface area contributed by atoms with Gasteiger partial charge in [-0.3, -0.25) is 0 Å². The van der Waals surface area contributed by atoms with E-state index in [1.165, 1.54) is 0 Å². The Kier molecular flexibility index (Phi) is 6.52. The number of benzene rings is 2. The van der Waals surface area contributed by atoms with E-state index >= 15 is 0 Å². The van der Waals surface area contributed by atoms with Crippen LogP contribution in [0.4, 0.5) is 16.4 Å². The van der Waals surface area contributed by atoms with Gasteiger partial charge in [0.15, 0.2) is 11.2 Å². The third-order valence-electron chi connectivity index (χ3n) is 4.55. The monoisotopic (exact) mass is 433 g/mol. The van der Waals surface area contributed by atoms with Crippen LogP contribution < -0.4 is 10.6 Å². The van der Waals surface area contributed by atoms with Crippen molar-refractivity contribution in [1.82, 2.24) is 30.3 Å². The second kappa shape index (κ2) is 9.84. The number of amides is 1. The highest BCUT2D eigenvalue weighted by atomic mass is 16.5. The summed E-state index contributed by atoms with van der Waals surface area (Å²) in [7, 11) is 1.66. The molecule has 0 aliphatic rings. The van der Waals surface area contributed by atoms with Crippen molar-refractivity contribution in [3.63, 3.8) is 0 Å². The van der Waals surface area contributed by atoms with Crippen molar-refractivity contribution in [3.8, 4) is 5.69 Å². The van der Waals surface area contributed by atoms with E-state index in [1.807, 2.05) is 48.5 Å². The number of carbonyl (C=O) groups excluding carboxylic acids is 1. The molecule has 2 heterocycles. The van der Waals surface area contributed by atoms with Crippen LogP contribution in [0, 0.1) is 0 Å². The Morgan fingerprint density at radius 1 is 1.12 bits per heavy atom. The number of nitrogens with zero attached hydrogens (tertiary/aromatic N) is 5. The number of ether oxygens (including phenoxy) is 2. The molecule has 0 bridgehead atoms. The summed E-state index contributed by atoms with van der Waals surface area (Å²) in [5.74, 6) is 0.427. The van der Waals surface area contributed by atoms with E-state index in [4.69, 9.17) is 9.47 Å². The van der Waals surface area contributed by atoms with Crippen LogP contribution in [-0.4, -0.2) is 44.8 Å². The number of methoxy groups -OCH3 is 1. The van der Waals surface area contributed by atoms with E-state index in [0.717, 1.165) is 22.5 Å². The van der Waals surface area contributed by atoms with Gasteiger partial charge in [-0.15, -0.1) is 5.10 Å². The van der Waals surface area contributed by atoms with E-state index < -0.39 is 6.09 Å². The fourth-order valence-electron chi connectivity index (χ4n) is 3.15. The lowest BCUT2D eigenvalue weighted by molar-refractivity contribution is 0.151. The molecule has 10 heteroatoms. The Morgan fingerprint density at radius 3 is 2.81 bits per heavy atom. The third-order valence-corrected chi connectivity index (χ3v) is 4.55. The van der Waals surface area contributed by atoms with Crippen molar-refractivity contribution in [1.29, 1.82) is 0 Å². The van der Waals surface area contributed by atoms with Crippen LogP contribution >= 0.6 is 0 Å². The van der Waals surface area contributed by atoms with Gasteiger partial charge in [0.05, 0.1) is 25.1 Å². The van der Waals surface area contributed by atoms with Crippen LogP contribution in [0.2, 0.25) is 0 Å². The summed E-state index contributed by atoms with van der Waals surface area (Å²) < 4.78 is 11.7. The minimum absolute atomic E-state index is 0.323. The van der Waals surface area contributed by atoms with Crippen molar-refractivity contribution in [2.75, 3.05) is 19.0 Å². The molecule has 4 rings (SSSR count). The molecule has 2 aromatic heterocycles. The summed E-state index contributed by atoms with van der Waals surface area (Å²) in [4.78, 5) is 20.5. The minimum atomic E-state index is -0.456. The average Bonchev–Trinajstić information content (AvgIpc) is 3.22. The predicted octanol–water partition coefficient (Wildman–Crippen LogP) is 3.35. The van der Waals surface area contributed by atoms with Crippen molar-refractivity contribution >= 4 is 28.9 Å². The molecule has 0 fully saturated rings. The normalized spacial score (nSPS) is 10.8. The van der Waals surface area contributed by atoms with E-state index in [1.54, 1.807) is 24.9 Å². The van der Waals surface area contributed by atoms with E-state index in [0.29, 0.717) is 36.9 Å². The maximum Gasteiger partial charge on any atom is 0.407 e. The molecule has 10 nitrogen and oxygen atoms in total. The highest BCUT2D eigenvalue weighted by molar-refractivity contribution is 5.73. The van der Waals surface area contributed by atoms with Gasteiger partial charge in [0, 0.05) is 19.3 Å². The Hall–Kier alpha value is -4.05. The molecular formula is C22H23N7O3. The molecule has 0 atom stereocenters. The van der Waals surface area contributed by atoms with Crippen molar-refractivity contribution < 1.29 is 14.3 Å². The van der Waals surface area contributed by atoms with E-state index in [9.17, 15) is 4.79 Å². The largest absolute Gasteiger partial charge is 0.450 e. The molecule has 32 heavy (non-hydrogen) atoms. The van der Waals surface area contributed by atoms with Crippen molar-refractivity contribution in [3.05, 3.63) is 65.9 Å². The van der Waals surface area contributed by atoms with Gasteiger partial charge in [-0.2, -0.15) is 9.67 Å². The number of hydrogen-bond acceptors (Lipinski definition) is 8. The number of carbonyl (C=O) groups is 1. The van der Waals surface area contributed by atoms with Gasteiger partial charge in [-0.1, -0.05) is 29.5 Å². The molecule has 0 unspecified atom stereocenters. The van der Waals surface area contributed by atoms with Crippen LogP contribution in [0.3, 0.4) is 0 Å². The number of hydrogen-bond donors (Lipinski definition) is 2. The van der Waals surface area contributed by atoms with Crippen LogP contribution in [0.5, 0.6) is 0 Å². The fraction of sp³-hybridized carbons (Fsp3) is 0.227. The van der Waals surface area contributed by atoms with Crippen molar-refractivity contribution in [2.24, 2.45) is 0 Å². The van der Waals surface area contributed by atoms with Gasteiger partial charge in [0.25, 0.3) is 0 Å². The zero-order valence-corrected chi connectivity index (χ0v) is 17.8. The van der Waals surface area contributed by atoms with E-state index in [2.05, 4.69) is 30.9 Å². The number of aromatic nitrogens is 5. The Labute approximate surface area is 184 Å². The topological polar surface area (TPSA) is 116 Å². The molecule has 0 aliphatic heterocycles. The molecule has 0 aliphatic carbocycles. The van der Waals surface area contributed by atoms with E-state index in [-0.39, 0.29) is 0 Å². The summed E-state index contributed by atoms with van der Waals surface area (Å²) in [6.45, 7) is 2.94. The first-order chi connectivity index (χ1) is 15.7. The van der Waals surface area contributed by atoms with Gasteiger partial charge in [0.2, 0.25) is 5.95 Å². The molecule has 0 saturated heterocycles. The van der Waals surface area contributed by atoms with Crippen LogP contribution in [0.15, 0.2) is 54.7 Å². The maximum absolute atomic E-state index is 11.6. The number of rotatable bonds is 8. The summed E-state index contributed by atoms with van der Waals surface area (Å²) in [6, 6.07) is 15.4. The van der Waals surface area contributed by atoms with Crippen LogP contribution in [0.25, 0.3) is 16.9 Å². The molecule has 0 spiro atoms. The lowest BCUT2D eigenvalue weighted by Crippen LogP contribution is -2.23.